The van der Waals surface area contributed by atoms with Crippen LogP contribution in [-0.2, 0) is 4.84 Å². The molecule has 1 aliphatic heterocycles. The number of allylic oxidation sites excluding steroid dienone is 7. The fraction of sp³-hybridized carbons (Fsp3) is 0.412. The molecule has 6 nitrogen and oxygen atoms in total. The lowest BCUT2D eigenvalue weighted by molar-refractivity contribution is -0.0448. The normalized spacial score (nSPS) is 17.1. The number of hydrogen-bond acceptors (Lipinski definition) is 5. The largest absolute Gasteiger partial charge is 0.396 e. The molecule has 1 heterocycles. The van der Waals surface area contributed by atoms with Crippen LogP contribution in [-0.4, -0.2) is 41.7 Å². The fourth-order valence-corrected chi connectivity index (χ4v) is 4.21. The maximum absolute atomic E-state index is 13.6. The molecule has 0 amide bonds. The smallest absolute Gasteiger partial charge is 0.212 e. The number of halogens is 1. The summed E-state index contributed by atoms with van der Waals surface area (Å²) in [6, 6.07) is 6.26. The SMILES string of the molecule is C=C/C(C)=C(\C=C\C1N=C(CC/C=C\C/C(C)=C\CC)ON1C)/N=C(/CCCCCO)N(C=C)c1ccc(F)cc1. The second kappa shape index (κ2) is 18.7. The molecule has 41 heavy (non-hydrogen) atoms. The van der Waals surface area contributed by atoms with Gasteiger partial charge in [-0.25, -0.2) is 14.4 Å². The number of unbranched alkanes of at least 4 members (excludes halogenated alkanes) is 2. The number of aliphatic imine (C=N–C) groups is 2. The summed E-state index contributed by atoms with van der Waals surface area (Å²) in [7, 11) is 1.87. The van der Waals surface area contributed by atoms with Crippen molar-refractivity contribution < 1.29 is 14.3 Å². The Hall–Kier alpha value is -3.55. The quantitative estimate of drug-likeness (QED) is 0.0681. The van der Waals surface area contributed by atoms with E-state index in [1.165, 1.54) is 17.7 Å². The summed E-state index contributed by atoms with van der Waals surface area (Å²) >= 11 is 0. The maximum Gasteiger partial charge on any atom is 0.212 e. The molecular weight excluding hydrogens is 515 g/mol. The molecule has 0 saturated heterocycles. The summed E-state index contributed by atoms with van der Waals surface area (Å²) in [5.41, 5.74) is 3.79. The zero-order chi connectivity index (χ0) is 30.0. The predicted molar refractivity (Wildman–Crippen MR) is 171 cm³/mol. The van der Waals surface area contributed by atoms with Crippen molar-refractivity contribution in [1.82, 2.24) is 5.06 Å². The van der Waals surface area contributed by atoms with Gasteiger partial charge in [0, 0.05) is 38.4 Å². The van der Waals surface area contributed by atoms with Gasteiger partial charge in [0.2, 0.25) is 5.90 Å². The van der Waals surface area contributed by atoms with Gasteiger partial charge in [-0.2, -0.15) is 0 Å². The number of nitrogens with zero attached hydrogens (tertiary/aromatic N) is 4. The lowest BCUT2D eigenvalue weighted by Gasteiger charge is -2.23. The van der Waals surface area contributed by atoms with Crippen molar-refractivity contribution in [3.05, 3.63) is 103 Å². The molecular formula is C34H47FN4O2. The van der Waals surface area contributed by atoms with Gasteiger partial charge in [0.25, 0.3) is 0 Å². The Bertz CT molecular complexity index is 1160. The molecule has 0 fully saturated rings. The van der Waals surface area contributed by atoms with E-state index in [1.54, 1.807) is 29.5 Å². The first-order valence-corrected chi connectivity index (χ1v) is 14.5. The van der Waals surface area contributed by atoms with Crippen LogP contribution < -0.4 is 4.90 Å². The van der Waals surface area contributed by atoms with Crippen LogP contribution in [0.15, 0.2) is 107 Å². The third-order valence-electron chi connectivity index (χ3n) is 6.59. The highest BCUT2D eigenvalue weighted by molar-refractivity contribution is 6.00. The Morgan fingerprint density at radius 3 is 2.59 bits per heavy atom. The molecule has 222 valence electrons. The first-order chi connectivity index (χ1) is 19.8. The third-order valence-corrected chi connectivity index (χ3v) is 6.59. The van der Waals surface area contributed by atoms with Gasteiger partial charge >= 0.3 is 0 Å². The third kappa shape index (κ3) is 11.8. The number of aliphatic hydroxyl groups is 1. The van der Waals surface area contributed by atoms with Crippen LogP contribution in [0.25, 0.3) is 0 Å². The Morgan fingerprint density at radius 1 is 1.17 bits per heavy atom. The van der Waals surface area contributed by atoms with Gasteiger partial charge in [-0.3, -0.25) is 0 Å². The van der Waals surface area contributed by atoms with Gasteiger partial charge in [0.1, 0.15) is 11.7 Å². The summed E-state index contributed by atoms with van der Waals surface area (Å²) in [4.78, 5) is 17.5. The predicted octanol–water partition coefficient (Wildman–Crippen LogP) is 8.43. The number of amidine groups is 1. The molecule has 0 saturated carbocycles. The van der Waals surface area contributed by atoms with Crippen molar-refractivity contribution in [3.63, 3.8) is 0 Å². The molecule has 1 aromatic rings. The van der Waals surface area contributed by atoms with E-state index in [-0.39, 0.29) is 18.6 Å². The van der Waals surface area contributed by atoms with Gasteiger partial charge in [-0.1, -0.05) is 56.4 Å². The van der Waals surface area contributed by atoms with Crippen molar-refractivity contribution in [2.75, 3.05) is 18.6 Å². The summed E-state index contributed by atoms with van der Waals surface area (Å²) in [6.07, 6.45) is 20.4. The number of hydroxylamine groups is 2. The first kappa shape index (κ1) is 33.7. The van der Waals surface area contributed by atoms with Crippen molar-refractivity contribution in [1.29, 1.82) is 0 Å². The average Bonchev–Trinajstić information content (AvgIpc) is 3.32. The topological polar surface area (TPSA) is 60.7 Å². The van der Waals surface area contributed by atoms with Gasteiger partial charge in [-0.05, 0) is 87.9 Å². The molecule has 0 aliphatic carbocycles. The van der Waals surface area contributed by atoms with Crippen molar-refractivity contribution >= 4 is 17.4 Å². The first-order valence-electron chi connectivity index (χ1n) is 14.5. The number of aliphatic hydroxyl groups excluding tert-OH is 1. The Kier molecular flexibility index (Phi) is 15.4. The molecule has 0 aromatic heterocycles. The van der Waals surface area contributed by atoms with Crippen LogP contribution in [0.2, 0.25) is 0 Å². The van der Waals surface area contributed by atoms with E-state index < -0.39 is 0 Å². The summed E-state index contributed by atoms with van der Waals surface area (Å²) < 4.78 is 13.6. The second-order valence-electron chi connectivity index (χ2n) is 9.97. The number of likely N-dealkylation sites (N-methyl/N-ethyl adjacent to an activating group) is 1. The minimum absolute atomic E-state index is 0.158. The van der Waals surface area contributed by atoms with Crippen LogP contribution >= 0.6 is 0 Å². The molecule has 0 bridgehead atoms. The molecule has 2 rings (SSSR count). The van der Waals surface area contributed by atoms with Crippen LogP contribution in [0.3, 0.4) is 0 Å². The van der Waals surface area contributed by atoms with E-state index in [2.05, 4.69) is 45.2 Å². The minimum Gasteiger partial charge on any atom is -0.396 e. The van der Waals surface area contributed by atoms with Crippen LogP contribution in [0, 0.1) is 5.82 Å². The molecule has 0 spiro atoms. The maximum atomic E-state index is 13.6. The van der Waals surface area contributed by atoms with Crippen molar-refractivity contribution in [3.8, 4) is 0 Å². The second-order valence-corrected chi connectivity index (χ2v) is 9.97. The summed E-state index contributed by atoms with van der Waals surface area (Å²) in [6.45, 7) is 14.4. The zero-order valence-electron chi connectivity index (χ0n) is 25.2. The highest BCUT2D eigenvalue weighted by atomic mass is 19.1. The monoisotopic (exact) mass is 562 g/mol. The Balaban J connectivity index is 2.24. The van der Waals surface area contributed by atoms with Gasteiger partial charge in [-0.15, -0.1) is 5.06 Å². The van der Waals surface area contributed by atoms with Gasteiger partial charge in [0.15, 0.2) is 6.17 Å². The van der Waals surface area contributed by atoms with Crippen LogP contribution in [0.1, 0.15) is 72.1 Å². The standard InChI is InChI=1S/C34H47FN4O2/c1-7-16-27(4)17-12-10-14-19-34-37-32(38(6)41-34)25-24-31(28(5)8-2)36-33(18-13-11-15-26-40)39(9-3)30-22-20-29(35)21-23-30/h8-10,12,16,20-25,32,40H,2-3,7,11,13-15,17-19,26H2,1,4-6H3/b12-10-,25-24+,27-16-,31-28+,36-33-. The van der Waals surface area contributed by atoms with Gasteiger partial charge < -0.3 is 14.8 Å². The molecule has 1 aromatic carbocycles. The Morgan fingerprint density at radius 2 is 1.93 bits per heavy atom. The number of rotatable bonds is 17. The van der Waals surface area contributed by atoms with Gasteiger partial charge in [0.05, 0.1) is 5.70 Å². The highest BCUT2D eigenvalue weighted by Gasteiger charge is 2.22. The number of benzene rings is 1. The van der Waals surface area contributed by atoms with E-state index in [9.17, 15) is 9.50 Å². The van der Waals surface area contributed by atoms with E-state index in [4.69, 9.17) is 14.8 Å². The molecule has 1 unspecified atom stereocenters. The molecule has 0 radical (unpaired) electrons. The minimum atomic E-state index is -0.303. The fourth-order valence-electron chi connectivity index (χ4n) is 4.21. The van der Waals surface area contributed by atoms with E-state index in [1.807, 2.05) is 31.0 Å². The Labute approximate surface area is 246 Å². The lowest BCUT2D eigenvalue weighted by Crippen LogP contribution is -2.25. The molecule has 1 atom stereocenters. The summed E-state index contributed by atoms with van der Waals surface area (Å²) in [5, 5.41) is 10.9. The van der Waals surface area contributed by atoms with Crippen LogP contribution in [0.4, 0.5) is 10.1 Å². The van der Waals surface area contributed by atoms with Crippen molar-refractivity contribution in [2.24, 2.45) is 9.98 Å². The molecule has 7 heteroatoms. The summed E-state index contributed by atoms with van der Waals surface area (Å²) in [5.74, 6) is 1.17. The average molecular weight is 563 g/mol. The van der Waals surface area contributed by atoms with Crippen LogP contribution in [0.5, 0.6) is 0 Å². The molecule has 1 N–H and O–H groups in total. The number of anilines is 1. The van der Waals surface area contributed by atoms with Crippen molar-refractivity contribution in [2.45, 2.75) is 78.3 Å². The zero-order valence-corrected chi connectivity index (χ0v) is 25.2. The lowest BCUT2D eigenvalue weighted by atomic mass is 10.1. The highest BCUT2D eigenvalue weighted by Crippen LogP contribution is 2.22. The van der Waals surface area contributed by atoms with E-state index in [0.29, 0.717) is 12.3 Å². The van der Waals surface area contributed by atoms with E-state index >= 15 is 0 Å². The number of hydrogen-bond donors (Lipinski definition) is 1. The van der Waals surface area contributed by atoms with E-state index in [0.717, 1.165) is 67.7 Å². The molecule has 1 aliphatic rings.